The smallest absolute Gasteiger partial charge is 0.307 e. The second-order valence-electron chi connectivity index (χ2n) is 4.30. The van der Waals surface area contributed by atoms with E-state index in [0.29, 0.717) is 12.8 Å². The van der Waals surface area contributed by atoms with Crippen molar-refractivity contribution in [3.05, 3.63) is 0 Å². The van der Waals surface area contributed by atoms with E-state index in [4.69, 9.17) is 20.9 Å². The Balaban J connectivity index is 3.36. The Bertz CT molecular complexity index is 228. The summed E-state index contributed by atoms with van der Waals surface area (Å²) >= 11 is 0. The molecule has 0 aliphatic carbocycles. The molecule has 0 bridgehead atoms. The summed E-state index contributed by atoms with van der Waals surface area (Å²) < 4.78 is 9.58. The Morgan fingerprint density at radius 1 is 0.833 bits per heavy atom. The van der Waals surface area contributed by atoms with Gasteiger partial charge in [0.25, 0.3) is 0 Å². The molecule has 0 rings (SSSR count). The van der Waals surface area contributed by atoms with Gasteiger partial charge in [-0.15, -0.1) is 0 Å². The lowest BCUT2D eigenvalue weighted by atomic mass is 10.1. The van der Waals surface area contributed by atoms with Crippen LogP contribution in [0.2, 0.25) is 0 Å². The number of hydrogen-bond donors (Lipinski definition) is 2. The molecule has 2 atom stereocenters. The second-order valence-corrected chi connectivity index (χ2v) is 4.30. The number of ether oxygens (including phenoxy) is 2. The Labute approximate surface area is 108 Å². The molecule has 4 N–H and O–H groups in total. The van der Waals surface area contributed by atoms with Crippen LogP contribution >= 0.6 is 0 Å². The van der Waals surface area contributed by atoms with E-state index in [0.717, 1.165) is 25.7 Å². The molecule has 0 saturated carbocycles. The molecule has 0 aliphatic rings. The summed E-state index contributed by atoms with van der Waals surface area (Å²) in [6, 6.07) is 0. The van der Waals surface area contributed by atoms with E-state index in [1.165, 1.54) is 0 Å². The van der Waals surface area contributed by atoms with Crippen molar-refractivity contribution in [2.75, 3.05) is 0 Å². The third-order valence-electron chi connectivity index (χ3n) is 2.15. The summed E-state index contributed by atoms with van der Waals surface area (Å²) in [5, 5.41) is 0. The molecule has 0 aliphatic heterocycles. The van der Waals surface area contributed by atoms with Crippen molar-refractivity contribution in [2.24, 2.45) is 11.5 Å². The molecule has 0 spiro atoms. The zero-order chi connectivity index (χ0) is 14.0. The summed E-state index contributed by atoms with van der Waals surface area (Å²) in [4.78, 5) is 22.3. The summed E-state index contributed by atoms with van der Waals surface area (Å²) in [5.74, 6) is -0.553. The normalized spacial score (nSPS) is 13.8. The molecule has 106 valence electrons. The number of carbonyl (C=O) groups is 2. The predicted octanol–water partition coefficient (Wildman–Crippen LogP) is 1.02. The van der Waals surface area contributed by atoms with Crippen molar-refractivity contribution in [1.29, 1.82) is 0 Å². The van der Waals surface area contributed by atoms with Crippen LogP contribution in [0.1, 0.15) is 52.4 Å². The molecule has 0 saturated heterocycles. The molecular formula is C12H24N2O4. The van der Waals surface area contributed by atoms with E-state index in [1.807, 2.05) is 0 Å². The van der Waals surface area contributed by atoms with Crippen LogP contribution in [0.4, 0.5) is 0 Å². The van der Waals surface area contributed by atoms with Crippen molar-refractivity contribution in [3.8, 4) is 0 Å². The first-order chi connectivity index (χ1) is 8.41. The molecule has 2 unspecified atom stereocenters. The maximum Gasteiger partial charge on any atom is 0.307 e. The van der Waals surface area contributed by atoms with E-state index in [1.54, 1.807) is 13.8 Å². The molecule has 0 amide bonds. The molecule has 0 heterocycles. The van der Waals surface area contributed by atoms with Gasteiger partial charge in [-0.25, -0.2) is 0 Å². The van der Waals surface area contributed by atoms with Gasteiger partial charge in [-0.05, 0) is 26.7 Å². The van der Waals surface area contributed by atoms with Crippen molar-refractivity contribution < 1.29 is 19.1 Å². The molecule has 0 aromatic heterocycles. The number of carbonyl (C=O) groups excluding carboxylic acids is 2. The number of nitrogens with two attached hydrogens (primary N) is 2. The maximum atomic E-state index is 11.1. The fourth-order valence-corrected chi connectivity index (χ4v) is 1.42. The first kappa shape index (κ1) is 16.9. The lowest BCUT2D eigenvalue weighted by Crippen LogP contribution is -2.23. The molecular weight excluding hydrogens is 236 g/mol. The van der Waals surface area contributed by atoms with Crippen LogP contribution in [-0.4, -0.2) is 24.4 Å². The second kappa shape index (κ2) is 9.85. The van der Waals surface area contributed by atoms with Crippen LogP contribution in [0, 0.1) is 0 Å². The average Bonchev–Trinajstić information content (AvgIpc) is 2.20. The fourth-order valence-electron chi connectivity index (χ4n) is 1.42. The van der Waals surface area contributed by atoms with Crippen molar-refractivity contribution >= 4 is 11.9 Å². The van der Waals surface area contributed by atoms with E-state index in [-0.39, 0.29) is 11.9 Å². The molecule has 6 nitrogen and oxygen atoms in total. The highest BCUT2D eigenvalue weighted by Gasteiger charge is 2.06. The highest BCUT2D eigenvalue weighted by Crippen LogP contribution is 2.07. The Morgan fingerprint density at radius 3 is 1.44 bits per heavy atom. The summed E-state index contributed by atoms with van der Waals surface area (Å²) in [6.07, 6.45) is 2.87. The number of unbranched alkanes of at least 4 members (excludes halogenated alkanes) is 3. The highest BCUT2D eigenvalue weighted by atomic mass is 16.6. The number of rotatable bonds is 9. The molecule has 6 heteroatoms. The van der Waals surface area contributed by atoms with Gasteiger partial charge in [0, 0.05) is 12.8 Å². The van der Waals surface area contributed by atoms with Crippen LogP contribution in [0.15, 0.2) is 0 Å². The van der Waals surface area contributed by atoms with Crippen LogP contribution in [0.25, 0.3) is 0 Å². The number of hydrogen-bond acceptors (Lipinski definition) is 6. The van der Waals surface area contributed by atoms with Gasteiger partial charge in [-0.3, -0.25) is 21.1 Å². The third kappa shape index (κ3) is 11.3. The monoisotopic (exact) mass is 260 g/mol. The standard InChI is InChI=1S/C12H24N2O4/c1-9(13)17-11(15)7-5-3-4-6-8-12(16)18-10(2)14/h9-10H,3-8,13-14H2,1-2H3. The zero-order valence-corrected chi connectivity index (χ0v) is 11.2. The van der Waals surface area contributed by atoms with Gasteiger partial charge >= 0.3 is 11.9 Å². The lowest BCUT2D eigenvalue weighted by Gasteiger charge is -2.08. The van der Waals surface area contributed by atoms with Gasteiger partial charge in [-0.2, -0.15) is 0 Å². The molecule has 0 fully saturated rings. The zero-order valence-electron chi connectivity index (χ0n) is 11.2. The van der Waals surface area contributed by atoms with Gasteiger partial charge in [0.15, 0.2) is 0 Å². The summed E-state index contributed by atoms with van der Waals surface area (Å²) in [5.41, 5.74) is 10.6. The van der Waals surface area contributed by atoms with Crippen LogP contribution in [0.5, 0.6) is 0 Å². The van der Waals surface area contributed by atoms with E-state index in [2.05, 4.69) is 0 Å². The van der Waals surface area contributed by atoms with E-state index in [9.17, 15) is 9.59 Å². The third-order valence-corrected chi connectivity index (χ3v) is 2.15. The molecule has 0 aromatic carbocycles. The fraction of sp³-hybridized carbons (Fsp3) is 0.833. The molecule has 18 heavy (non-hydrogen) atoms. The van der Waals surface area contributed by atoms with Crippen LogP contribution < -0.4 is 11.5 Å². The van der Waals surface area contributed by atoms with Gasteiger partial charge < -0.3 is 9.47 Å². The molecule has 0 aromatic rings. The quantitative estimate of drug-likeness (QED) is 0.364. The predicted molar refractivity (Wildman–Crippen MR) is 67.2 cm³/mol. The topological polar surface area (TPSA) is 105 Å². The van der Waals surface area contributed by atoms with Gasteiger partial charge in [-0.1, -0.05) is 12.8 Å². The van der Waals surface area contributed by atoms with Crippen LogP contribution in [0.3, 0.4) is 0 Å². The summed E-state index contributed by atoms with van der Waals surface area (Å²) in [7, 11) is 0. The van der Waals surface area contributed by atoms with E-state index >= 15 is 0 Å². The lowest BCUT2D eigenvalue weighted by molar-refractivity contribution is -0.149. The number of esters is 2. The van der Waals surface area contributed by atoms with Crippen molar-refractivity contribution in [1.82, 2.24) is 0 Å². The van der Waals surface area contributed by atoms with Crippen LogP contribution in [-0.2, 0) is 19.1 Å². The average molecular weight is 260 g/mol. The Hall–Kier alpha value is -1.14. The SMILES string of the molecule is CC(N)OC(=O)CCCCCCC(=O)OC(C)N. The minimum atomic E-state index is -0.550. The maximum absolute atomic E-state index is 11.1. The van der Waals surface area contributed by atoms with Crippen molar-refractivity contribution in [2.45, 2.75) is 64.8 Å². The van der Waals surface area contributed by atoms with Gasteiger partial charge in [0.1, 0.15) is 12.5 Å². The largest absolute Gasteiger partial charge is 0.447 e. The van der Waals surface area contributed by atoms with Gasteiger partial charge in [0.05, 0.1) is 0 Å². The summed E-state index contributed by atoms with van der Waals surface area (Å²) in [6.45, 7) is 3.23. The minimum absolute atomic E-state index is 0.277. The Kier molecular flexibility index (Phi) is 9.22. The first-order valence-electron chi connectivity index (χ1n) is 6.32. The first-order valence-corrected chi connectivity index (χ1v) is 6.32. The van der Waals surface area contributed by atoms with Crippen molar-refractivity contribution in [3.63, 3.8) is 0 Å². The Morgan fingerprint density at radius 2 is 1.17 bits per heavy atom. The molecule has 0 radical (unpaired) electrons. The minimum Gasteiger partial charge on any atom is -0.447 e. The van der Waals surface area contributed by atoms with E-state index < -0.39 is 12.5 Å². The van der Waals surface area contributed by atoms with Gasteiger partial charge in [0.2, 0.25) is 0 Å². The highest BCUT2D eigenvalue weighted by molar-refractivity contribution is 5.69.